The minimum absolute atomic E-state index is 0.751. The van der Waals surface area contributed by atoms with Crippen molar-refractivity contribution in [3.8, 4) is 0 Å². The number of benzene rings is 1. The summed E-state index contributed by atoms with van der Waals surface area (Å²) in [4.78, 5) is 9.39. The van der Waals surface area contributed by atoms with Crippen molar-refractivity contribution in [1.82, 2.24) is 5.32 Å². The van der Waals surface area contributed by atoms with Gasteiger partial charge in [0, 0.05) is 35.1 Å². The number of hydrogen-bond donors (Lipinski definition) is 2. The van der Waals surface area contributed by atoms with Crippen molar-refractivity contribution >= 4 is 24.6 Å². The van der Waals surface area contributed by atoms with Gasteiger partial charge in [0.05, 0.1) is 11.4 Å². The Balaban J connectivity index is 0. The van der Waals surface area contributed by atoms with Crippen LogP contribution in [0.2, 0.25) is 0 Å². The second-order valence-electron chi connectivity index (χ2n) is 8.71. The van der Waals surface area contributed by atoms with Gasteiger partial charge in [0.25, 0.3) is 0 Å². The predicted octanol–water partition coefficient (Wildman–Crippen LogP) is 10.5. The molecule has 212 valence electrons. The highest BCUT2D eigenvalue weighted by atomic mass is 32.1. The summed E-state index contributed by atoms with van der Waals surface area (Å²) < 4.78 is 0. The SMILES string of the molecule is C=C(NC1=CCCC=C1)C1CC1.CC.CC.CCC.CN=C/C(S)=C(\C)N=C(C=C(C)C)c1ccccc1. The molecule has 1 saturated carbocycles. The Kier molecular flexibility index (Phi) is 24.4. The van der Waals surface area contributed by atoms with Crippen molar-refractivity contribution in [2.45, 2.75) is 94.4 Å². The summed E-state index contributed by atoms with van der Waals surface area (Å²) in [6, 6.07) is 10.1. The highest BCUT2D eigenvalue weighted by Crippen LogP contribution is 2.34. The zero-order valence-corrected chi connectivity index (χ0v) is 26.8. The minimum atomic E-state index is 0.751. The molecule has 4 heteroatoms. The minimum Gasteiger partial charge on any atom is -0.359 e. The quantitative estimate of drug-likeness (QED) is 0.263. The fraction of sp³-hybridized carbons (Fsp3) is 0.471. The Bertz CT molecular complexity index is 939. The number of thiol groups is 1. The van der Waals surface area contributed by atoms with E-state index in [1.54, 1.807) is 13.3 Å². The Hall–Kier alpha value is -2.59. The van der Waals surface area contributed by atoms with Crippen LogP contribution in [-0.2, 0) is 0 Å². The Morgan fingerprint density at radius 3 is 2.05 bits per heavy atom. The maximum atomic E-state index is 4.66. The second kappa shape index (κ2) is 24.7. The molecule has 0 aliphatic heterocycles. The molecule has 38 heavy (non-hydrogen) atoms. The molecule has 3 nitrogen and oxygen atoms in total. The van der Waals surface area contributed by atoms with Crippen LogP contribution < -0.4 is 5.32 Å². The van der Waals surface area contributed by atoms with E-state index in [0.29, 0.717) is 0 Å². The summed E-state index contributed by atoms with van der Waals surface area (Å²) >= 11 is 4.39. The zero-order chi connectivity index (χ0) is 29.3. The number of hydrogen-bond acceptors (Lipinski definition) is 4. The van der Waals surface area contributed by atoms with E-state index >= 15 is 0 Å². The third-order valence-electron chi connectivity index (χ3n) is 4.78. The molecule has 2 aliphatic carbocycles. The van der Waals surface area contributed by atoms with Crippen molar-refractivity contribution in [1.29, 1.82) is 0 Å². The first-order valence-corrected chi connectivity index (χ1v) is 14.7. The summed E-state index contributed by atoms with van der Waals surface area (Å²) in [6.07, 6.45) is 16.6. The van der Waals surface area contributed by atoms with Crippen LogP contribution >= 0.6 is 12.6 Å². The molecule has 3 rings (SSSR count). The standard InChI is InChI=1S/C16H20N2S.C11H15N.C3H8.2C2H6/c1-12(2)10-15(14-8-6-5-7-9-14)18-13(3)16(19)11-17-4;1-9(10-7-8-10)12-11-5-3-2-4-6-11;1-3-2;2*1-2/h5-11,19H,1-4H3;3,5-6,10,12H,1-2,4,7-8H2;3H2,1-2H3;2*1-2H3/b16-13-,17-11?,18-15?;;;;. The first-order valence-electron chi connectivity index (χ1n) is 14.3. The number of allylic oxidation sites excluding steroid dienone is 8. The molecule has 0 saturated heterocycles. The lowest BCUT2D eigenvalue weighted by Gasteiger charge is -2.11. The smallest absolute Gasteiger partial charge is 0.0704 e. The van der Waals surface area contributed by atoms with Gasteiger partial charge in [0.15, 0.2) is 0 Å². The average Bonchev–Trinajstić information content (AvgIpc) is 3.78. The van der Waals surface area contributed by atoms with Crippen LogP contribution in [-0.4, -0.2) is 19.0 Å². The molecular formula is C34H55N3S. The van der Waals surface area contributed by atoms with Gasteiger partial charge in [-0.15, -0.1) is 12.6 Å². The van der Waals surface area contributed by atoms with Crippen LogP contribution in [0.5, 0.6) is 0 Å². The summed E-state index contributed by atoms with van der Waals surface area (Å²) in [6.45, 7) is 22.3. The lowest BCUT2D eigenvalue weighted by molar-refractivity contribution is 0.846. The van der Waals surface area contributed by atoms with E-state index < -0.39 is 0 Å². The Labute approximate surface area is 241 Å². The maximum Gasteiger partial charge on any atom is 0.0704 e. The van der Waals surface area contributed by atoms with E-state index in [4.69, 9.17) is 0 Å². The van der Waals surface area contributed by atoms with E-state index in [2.05, 4.69) is 98.6 Å². The first kappa shape index (κ1) is 37.6. The molecule has 0 unspecified atom stereocenters. The van der Waals surface area contributed by atoms with Crippen LogP contribution in [0.15, 0.2) is 98.8 Å². The Morgan fingerprint density at radius 1 is 1.03 bits per heavy atom. The molecule has 0 amide bonds. The molecule has 1 aromatic rings. The van der Waals surface area contributed by atoms with Gasteiger partial charge in [0.1, 0.15) is 0 Å². The lowest BCUT2D eigenvalue weighted by atomic mass is 10.1. The number of aliphatic imine (C=N–C) groups is 2. The molecule has 1 fully saturated rings. The third kappa shape index (κ3) is 18.6. The highest BCUT2D eigenvalue weighted by Gasteiger charge is 2.24. The average molecular weight is 538 g/mol. The summed E-state index contributed by atoms with van der Waals surface area (Å²) in [5.74, 6) is 0.751. The number of nitrogens with one attached hydrogen (secondary N) is 1. The van der Waals surface area contributed by atoms with Gasteiger partial charge in [-0.3, -0.25) is 9.98 Å². The van der Waals surface area contributed by atoms with Gasteiger partial charge in [-0.2, -0.15) is 0 Å². The number of rotatable bonds is 7. The van der Waals surface area contributed by atoms with Crippen molar-refractivity contribution in [3.63, 3.8) is 0 Å². The molecule has 2 aliphatic rings. The third-order valence-corrected chi connectivity index (χ3v) is 5.21. The van der Waals surface area contributed by atoms with Gasteiger partial charge in [-0.25, -0.2) is 0 Å². The monoisotopic (exact) mass is 537 g/mol. The fourth-order valence-electron chi connectivity index (χ4n) is 2.94. The van der Waals surface area contributed by atoms with Crippen molar-refractivity contribution in [2.24, 2.45) is 15.9 Å². The van der Waals surface area contributed by atoms with Crippen molar-refractivity contribution in [3.05, 3.63) is 94.3 Å². The van der Waals surface area contributed by atoms with E-state index in [-0.39, 0.29) is 0 Å². The van der Waals surface area contributed by atoms with Gasteiger partial charge in [-0.1, -0.05) is 103 Å². The van der Waals surface area contributed by atoms with Crippen LogP contribution in [0, 0.1) is 5.92 Å². The summed E-state index contributed by atoms with van der Waals surface area (Å²) in [5.41, 5.74) is 6.53. The van der Waals surface area contributed by atoms with Crippen LogP contribution in [0.25, 0.3) is 0 Å². The Morgan fingerprint density at radius 2 is 1.61 bits per heavy atom. The lowest BCUT2D eigenvalue weighted by Crippen LogP contribution is -2.12. The topological polar surface area (TPSA) is 36.8 Å². The molecule has 0 bridgehead atoms. The van der Waals surface area contributed by atoms with Crippen LogP contribution in [0.3, 0.4) is 0 Å². The van der Waals surface area contributed by atoms with E-state index in [1.165, 1.54) is 42.7 Å². The first-order chi connectivity index (χ1) is 18.3. The highest BCUT2D eigenvalue weighted by molar-refractivity contribution is 7.85. The van der Waals surface area contributed by atoms with Crippen molar-refractivity contribution < 1.29 is 0 Å². The molecule has 0 aromatic heterocycles. The van der Waals surface area contributed by atoms with Crippen LogP contribution in [0.1, 0.15) is 100.0 Å². The van der Waals surface area contributed by atoms with Gasteiger partial charge < -0.3 is 5.32 Å². The molecule has 1 aromatic carbocycles. The second-order valence-corrected chi connectivity index (χ2v) is 9.20. The van der Waals surface area contributed by atoms with E-state index in [9.17, 15) is 0 Å². The molecular weight excluding hydrogens is 482 g/mol. The summed E-state index contributed by atoms with van der Waals surface area (Å²) in [5, 5.41) is 3.36. The van der Waals surface area contributed by atoms with Crippen LogP contribution in [0.4, 0.5) is 0 Å². The summed E-state index contributed by atoms with van der Waals surface area (Å²) in [7, 11) is 1.72. The number of nitrogens with zero attached hydrogens (tertiary/aromatic N) is 2. The largest absolute Gasteiger partial charge is 0.359 e. The molecule has 0 heterocycles. The van der Waals surface area contributed by atoms with E-state index in [0.717, 1.165) is 34.2 Å². The molecule has 0 spiro atoms. The molecule has 0 atom stereocenters. The molecule has 0 radical (unpaired) electrons. The van der Waals surface area contributed by atoms with E-state index in [1.807, 2.05) is 52.8 Å². The molecule has 1 N–H and O–H groups in total. The van der Waals surface area contributed by atoms with Gasteiger partial charge in [0.2, 0.25) is 0 Å². The van der Waals surface area contributed by atoms with Gasteiger partial charge >= 0.3 is 0 Å². The normalized spacial score (nSPS) is 14.4. The zero-order valence-electron chi connectivity index (χ0n) is 25.9. The van der Waals surface area contributed by atoms with Crippen molar-refractivity contribution in [2.75, 3.05) is 7.05 Å². The predicted molar refractivity (Wildman–Crippen MR) is 179 cm³/mol. The fourth-order valence-corrected chi connectivity index (χ4v) is 3.11. The maximum absolute atomic E-state index is 4.66. The van der Waals surface area contributed by atoms with Gasteiger partial charge in [-0.05, 0) is 64.5 Å².